The van der Waals surface area contributed by atoms with E-state index >= 15 is 0 Å². The molecular weight excluding hydrogens is 232 g/mol. The Labute approximate surface area is 107 Å². The molecule has 0 aliphatic heterocycles. The van der Waals surface area contributed by atoms with Crippen LogP contribution in [0, 0.1) is 10.1 Å². The van der Waals surface area contributed by atoms with E-state index in [1.54, 1.807) is 12.1 Å². The molecule has 1 aromatic carbocycles. The molecule has 0 saturated carbocycles. The van der Waals surface area contributed by atoms with Crippen LogP contribution in [0.4, 0.5) is 11.4 Å². The maximum absolute atomic E-state index is 10.7. The average Bonchev–Trinajstić information content (AvgIpc) is 2.35. The molecule has 1 rings (SSSR count). The molecule has 0 radical (unpaired) electrons. The van der Waals surface area contributed by atoms with Gasteiger partial charge in [-0.1, -0.05) is 32.3 Å². The molecule has 0 spiro atoms. The van der Waals surface area contributed by atoms with Gasteiger partial charge in [0, 0.05) is 12.7 Å². The predicted octanol–water partition coefficient (Wildman–Crippen LogP) is 3.27. The van der Waals surface area contributed by atoms with Crippen LogP contribution in [0.25, 0.3) is 0 Å². The van der Waals surface area contributed by atoms with Gasteiger partial charge in [0.2, 0.25) is 0 Å². The van der Waals surface area contributed by atoms with E-state index in [0.717, 1.165) is 12.0 Å². The first-order chi connectivity index (χ1) is 8.65. The molecule has 0 aromatic heterocycles. The highest BCUT2D eigenvalue weighted by Crippen LogP contribution is 2.22. The Hall–Kier alpha value is -1.62. The van der Waals surface area contributed by atoms with E-state index in [1.807, 2.05) is 0 Å². The molecule has 100 valence electrons. The molecule has 0 bridgehead atoms. The largest absolute Gasteiger partial charge is 0.393 e. The summed E-state index contributed by atoms with van der Waals surface area (Å²) in [5.41, 5.74) is 6.43. The molecule has 0 aliphatic rings. The van der Waals surface area contributed by atoms with E-state index in [9.17, 15) is 10.1 Å². The second-order valence-corrected chi connectivity index (χ2v) is 4.26. The molecule has 2 N–H and O–H groups in total. The monoisotopic (exact) mass is 252 g/mol. The van der Waals surface area contributed by atoms with Gasteiger partial charge in [0.15, 0.2) is 0 Å². The fourth-order valence-electron chi connectivity index (χ4n) is 1.66. The Bertz CT molecular complexity index is 394. The minimum Gasteiger partial charge on any atom is -0.393 e. The van der Waals surface area contributed by atoms with Crippen molar-refractivity contribution in [3.8, 4) is 0 Å². The summed E-state index contributed by atoms with van der Waals surface area (Å²) in [6, 6.07) is 4.78. The van der Waals surface area contributed by atoms with Gasteiger partial charge in [-0.2, -0.15) is 0 Å². The SMILES string of the molecule is CCCCCCOCc1ccc(N)c([N+](=O)[O-])c1. The number of benzene rings is 1. The Morgan fingerprint density at radius 3 is 2.78 bits per heavy atom. The molecular formula is C13H20N2O3. The van der Waals surface area contributed by atoms with E-state index in [-0.39, 0.29) is 11.4 Å². The topological polar surface area (TPSA) is 78.4 Å². The molecule has 5 heteroatoms. The Kier molecular flexibility index (Phi) is 6.14. The van der Waals surface area contributed by atoms with Crippen LogP contribution < -0.4 is 5.73 Å². The molecule has 0 aliphatic carbocycles. The van der Waals surface area contributed by atoms with E-state index in [0.29, 0.717) is 13.2 Å². The van der Waals surface area contributed by atoms with Crippen molar-refractivity contribution in [1.82, 2.24) is 0 Å². The lowest BCUT2D eigenvalue weighted by Gasteiger charge is -2.05. The van der Waals surface area contributed by atoms with Crippen molar-refractivity contribution in [3.63, 3.8) is 0 Å². The van der Waals surface area contributed by atoms with Gasteiger partial charge < -0.3 is 10.5 Å². The molecule has 0 fully saturated rings. The Morgan fingerprint density at radius 2 is 2.11 bits per heavy atom. The van der Waals surface area contributed by atoms with Gasteiger partial charge in [0.05, 0.1) is 11.5 Å². The highest BCUT2D eigenvalue weighted by Gasteiger charge is 2.11. The normalized spacial score (nSPS) is 10.5. The van der Waals surface area contributed by atoms with Crippen molar-refractivity contribution in [2.75, 3.05) is 12.3 Å². The van der Waals surface area contributed by atoms with Crippen LogP contribution >= 0.6 is 0 Å². The standard InChI is InChI=1S/C13H20N2O3/c1-2-3-4-5-8-18-10-11-6-7-12(14)13(9-11)15(16)17/h6-7,9H,2-5,8,10,14H2,1H3. The van der Waals surface area contributed by atoms with Crippen molar-refractivity contribution < 1.29 is 9.66 Å². The van der Waals surface area contributed by atoms with Crippen LogP contribution in [0.15, 0.2) is 18.2 Å². The number of hydrogen-bond donors (Lipinski definition) is 1. The smallest absolute Gasteiger partial charge is 0.292 e. The number of ether oxygens (including phenoxy) is 1. The summed E-state index contributed by atoms with van der Waals surface area (Å²) in [7, 11) is 0. The second kappa shape index (κ2) is 7.66. The van der Waals surface area contributed by atoms with Gasteiger partial charge in [-0.3, -0.25) is 10.1 Å². The number of nitrogens with zero attached hydrogens (tertiary/aromatic N) is 1. The Balaban J connectivity index is 2.38. The second-order valence-electron chi connectivity index (χ2n) is 4.26. The first kappa shape index (κ1) is 14.4. The van der Waals surface area contributed by atoms with E-state index in [4.69, 9.17) is 10.5 Å². The van der Waals surface area contributed by atoms with Crippen LogP contribution in [-0.2, 0) is 11.3 Å². The zero-order valence-electron chi connectivity index (χ0n) is 10.7. The number of nitro groups is 1. The summed E-state index contributed by atoms with van der Waals surface area (Å²) >= 11 is 0. The van der Waals surface area contributed by atoms with Gasteiger partial charge in [-0.15, -0.1) is 0 Å². The minimum absolute atomic E-state index is 0.0536. The molecule has 0 unspecified atom stereocenters. The molecule has 0 amide bonds. The fraction of sp³-hybridized carbons (Fsp3) is 0.538. The quantitative estimate of drug-likeness (QED) is 0.333. The Morgan fingerprint density at radius 1 is 1.33 bits per heavy atom. The molecule has 5 nitrogen and oxygen atoms in total. The maximum atomic E-state index is 10.7. The van der Waals surface area contributed by atoms with Crippen molar-refractivity contribution in [3.05, 3.63) is 33.9 Å². The van der Waals surface area contributed by atoms with Gasteiger partial charge in [-0.05, 0) is 18.1 Å². The third-order valence-electron chi connectivity index (χ3n) is 2.70. The summed E-state index contributed by atoms with van der Waals surface area (Å²) < 4.78 is 5.48. The van der Waals surface area contributed by atoms with Crippen molar-refractivity contribution in [2.24, 2.45) is 0 Å². The molecule has 0 saturated heterocycles. The summed E-state index contributed by atoms with van der Waals surface area (Å²) in [5, 5.41) is 10.7. The highest BCUT2D eigenvalue weighted by atomic mass is 16.6. The minimum atomic E-state index is -0.472. The summed E-state index contributed by atoms with van der Waals surface area (Å²) in [5.74, 6) is 0. The third-order valence-corrected chi connectivity index (χ3v) is 2.70. The van der Waals surface area contributed by atoms with Gasteiger partial charge in [0.25, 0.3) is 5.69 Å². The third kappa shape index (κ3) is 4.71. The lowest BCUT2D eigenvalue weighted by Crippen LogP contribution is -1.99. The highest BCUT2D eigenvalue weighted by molar-refractivity contribution is 5.59. The average molecular weight is 252 g/mol. The van der Waals surface area contributed by atoms with Crippen LogP contribution in [0.2, 0.25) is 0 Å². The van der Waals surface area contributed by atoms with Crippen LogP contribution in [0.3, 0.4) is 0 Å². The number of anilines is 1. The number of nitrogens with two attached hydrogens (primary N) is 1. The van der Waals surface area contributed by atoms with E-state index in [1.165, 1.54) is 25.3 Å². The maximum Gasteiger partial charge on any atom is 0.292 e. The summed E-state index contributed by atoms with van der Waals surface area (Å²) in [4.78, 5) is 10.2. The molecule has 18 heavy (non-hydrogen) atoms. The number of unbranched alkanes of at least 4 members (excludes halogenated alkanes) is 3. The van der Waals surface area contributed by atoms with Crippen molar-refractivity contribution in [2.45, 2.75) is 39.2 Å². The van der Waals surface area contributed by atoms with Crippen LogP contribution in [-0.4, -0.2) is 11.5 Å². The molecule has 0 atom stereocenters. The number of rotatable bonds is 8. The predicted molar refractivity (Wildman–Crippen MR) is 71.3 cm³/mol. The summed E-state index contributed by atoms with van der Waals surface area (Å²) in [6.07, 6.45) is 4.62. The van der Waals surface area contributed by atoms with E-state index in [2.05, 4.69) is 6.92 Å². The van der Waals surface area contributed by atoms with Crippen molar-refractivity contribution in [1.29, 1.82) is 0 Å². The number of hydrogen-bond acceptors (Lipinski definition) is 4. The lowest BCUT2D eigenvalue weighted by atomic mass is 10.2. The fourth-order valence-corrected chi connectivity index (χ4v) is 1.66. The lowest BCUT2D eigenvalue weighted by molar-refractivity contribution is -0.384. The van der Waals surface area contributed by atoms with Gasteiger partial charge in [0.1, 0.15) is 5.69 Å². The number of nitrogen functional groups attached to an aromatic ring is 1. The van der Waals surface area contributed by atoms with Crippen molar-refractivity contribution >= 4 is 11.4 Å². The van der Waals surface area contributed by atoms with Gasteiger partial charge in [-0.25, -0.2) is 0 Å². The summed E-state index contributed by atoms with van der Waals surface area (Å²) in [6.45, 7) is 3.25. The zero-order valence-corrected chi connectivity index (χ0v) is 10.7. The van der Waals surface area contributed by atoms with Crippen LogP contribution in [0.5, 0.6) is 0 Å². The number of nitro benzene ring substituents is 1. The zero-order chi connectivity index (χ0) is 13.4. The van der Waals surface area contributed by atoms with E-state index < -0.39 is 4.92 Å². The van der Waals surface area contributed by atoms with Crippen LogP contribution in [0.1, 0.15) is 38.2 Å². The first-order valence-corrected chi connectivity index (χ1v) is 6.25. The molecule has 1 aromatic rings. The van der Waals surface area contributed by atoms with Gasteiger partial charge >= 0.3 is 0 Å². The molecule has 0 heterocycles. The first-order valence-electron chi connectivity index (χ1n) is 6.25.